The molecule has 1 amide bonds. The fourth-order valence-corrected chi connectivity index (χ4v) is 5.49. The third-order valence-corrected chi connectivity index (χ3v) is 8.58. The van der Waals surface area contributed by atoms with E-state index in [0.717, 1.165) is 10.4 Å². The zero-order chi connectivity index (χ0) is 27.4. The molecule has 0 fully saturated rings. The number of hydrogen-bond donors (Lipinski definition) is 1. The maximum absolute atomic E-state index is 13.5. The largest absolute Gasteiger partial charge is 0.493 e. The number of ether oxygens (including phenoxy) is 3. The smallest absolute Gasteiger partial charge is 0.271 e. The van der Waals surface area contributed by atoms with E-state index in [-0.39, 0.29) is 10.6 Å². The first kappa shape index (κ1) is 27.2. The maximum Gasteiger partial charge on any atom is 0.271 e. The number of thiazole rings is 1. The third kappa shape index (κ3) is 5.84. The number of carbonyl (C=O) groups excluding carboxylic acids is 1. The van der Waals surface area contributed by atoms with Crippen LogP contribution in [0.5, 0.6) is 17.2 Å². The van der Waals surface area contributed by atoms with Gasteiger partial charge in [0.05, 0.1) is 35.1 Å². The minimum atomic E-state index is -3.38. The van der Waals surface area contributed by atoms with Gasteiger partial charge in [0, 0.05) is 37.5 Å². The molecule has 0 aliphatic heterocycles. The van der Waals surface area contributed by atoms with Crippen molar-refractivity contribution in [2.24, 2.45) is 0 Å². The van der Waals surface area contributed by atoms with Gasteiger partial charge < -0.3 is 19.1 Å². The molecule has 1 N–H and O–H groups in total. The van der Waals surface area contributed by atoms with Gasteiger partial charge in [-0.05, 0) is 36.4 Å². The van der Waals surface area contributed by atoms with E-state index in [1.54, 1.807) is 57.5 Å². The van der Waals surface area contributed by atoms with Crippen molar-refractivity contribution in [3.8, 4) is 17.2 Å². The van der Waals surface area contributed by atoms with Crippen LogP contribution in [0.2, 0.25) is 0 Å². The Balaban J connectivity index is 1.65. The van der Waals surface area contributed by atoms with Crippen molar-refractivity contribution in [3.05, 3.63) is 66.2 Å². The van der Waals surface area contributed by atoms with Gasteiger partial charge >= 0.3 is 0 Å². The number of nitrogens with zero attached hydrogens (tertiary/aromatic N) is 2. The van der Waals surface area contributed by atoms with Crippen LogP contribution in [0.4, 0.5) is 10.8 Å². The van der Waals surface area contributed by atoms with Crippen molar-refractivity contribution >= 4 is 48.1 Å². The number of sulfone groups is 1. The summed E-state index contributed by atoms with van der Waals surface area (Å²) in [6.45, 7) is 1.59. The lowest BCUT2D eigenvalue weighted by Crippen LogP contribution is -2.25. The number of benzene rings is 3. The van der Waals surface area contributed by atoms with Crippen LogP contribution in [0.15, 0.2) is 65.6 Å². The van der Waals surface area contributed by atoms with Crippen molar-refractivity contribution in [1.82, 2.24) is 4.98 Å². The van der Waals surface area contributed by atoms with E-state index in [1.807, 2.05) is 31.1 Å². The highest BCUT2D eigenvalue weighted by Crippen LogP contribution is 2.36. The van der Waals surface area contributed by atoms with Crippen LogP contribution in [0, 0.1) is 0 Å². The van der Waals surface area contributed by atoms with Gasteiger partial charge in [0.25, 0.3) is 5.91 Å². The Morgan fingerprint density at radius 2 is 1.63 bits per heavy atom. The molecule has 3 aromatic carbocycles. The van der Waals surface area contributed by atoms with E-state index in [1.165, 1.54) is 23.5 Å². The van der Waals surface area contributed by atoms with Gasteiger partial charge in [-0.1, -0.05) is 30.4 Å². The zero-order valence-electron chi connectivity index (χ0n) is 21.7. The summed E-state index contributed by atoms with van der Waals surface area (Å²) in [5.41, 5.74) is 2.13. The highest BCUT2D eigenvalue weighted by atomic mass is 32.2. The molecule has 1 aromatic heterocycles. The first-order valence-corrected chi connectivity index (χ1v) is 14.2. The number of nitrogens with one attached hydrogen (secondary N) is 1. The molecule has 4 aromatic rings. The van der Waals surface area contributed by atoms with E-state index in [0.29, 0.717) is 33.5 Å². The van der Waals surface area contributed by atoms with Crippen LogP contribution < -0.4 is 24.4 Å². The van der Waals surface area contributed by atoms with Gasteiger partial charge in [0.1, 0.15) is 5.75 Å². The first-order chi connectivity index (χ1) is 18.1. The molecule has 38 heavy (non-hydrogen) atoms. The lowest BCUT2D eigenvalue weighted by molar-refractivity contribution is -0.123. The molecule has 0 aliphatic rings. The summed E-state index contributed by atoms with van der Waals surface area (Å²) in [5, 5.41) is 3.22. The predicted octanol–water partition coefficient (Wildman–Crippen LogP) is 4.93. The normalized spacial score (nSPS) is 12.1. The summed E-state index contributed by atoms with van der Waals surface area (Å²) in [6, 6.07) is 17.0. The quantitative estimate of drug-likeness (QED) is 0.294. The molecule has 0 bridgehead atoms. The van der Waals surface area contributed by atoms with Crippen molar-refractivity contribution in [2.45, 2.75) is 17.9 Å². The standard InChI is InChI=1S/C27H29N3O6S2/c1-6-38(32,33)20-13-7-17(8-14-20)25(36-19-11-9-18(10-12-19)30(2)3)26(31)29-27-28-21-15-22(34-4)23(35-5)16-24(21)37-27/h7-16,25H,6H2,1-5H3,(H,28,29,31). The first-order valence-electron chi connectivity index (χ1n) is 11.8. The van der Waals surface area contributed by atoms with E-state index in [4.69, 9.17) is 14.2 Å². The van der Waals surface area contributed by atoms with Crippen LogP contribution in [0.1, 0.15) is 18.6 Å². The van der Waals surface area contributed by atoms with Gasteiger partial charge in [0.2, 0.25) is 6.10 Å². The number of anilines is 2. The van der Waals surface area contributed by atoms with Gasteiger partial charge in [-0.25, -0.2) is 13.4 Å². The summed E-state index contributed by atoms with van der Waals surface area (Å²) >= 11 is 1.29. The fraction of sp³-hybridized carbons (Fsp3) is 0.259. The summed E-state index contributed by atoms with van der Waals surface area (Å²) in [7, 11) is 3.58. The minimum Gasteiger partial charge on any atom is -0.493 e. The number of rotatable bonds is 10. The fourth-order valence-electron chi connectivity index (χ4n) is 3.73. The lowest BCUT2D eigenvalue weighted by atomic mass is 10.1. The molecule has 0 saturated carbocycles. The van der Waals surface area contributed by atoms with Gasteiger partial charge in [-0.2, -0.15) is 0 Å². The second-order valence-electron chi connectivity index (χ2n) is 8.54. The van der Waals surface area contributed by atoms with E-state index in [2.05, 4.69) is 10.3 Å². The Hall–Kier alpha value is -3.83. The molecule has 9 nitrogen and oxygen atoms in total. The topological polar surface area (TPSA) is 107 Å². The Kier molecular flexibility index (Phi) is 8.08. The van der Waals surface area contributed by atoms with Crippen LogP contribution >= 0.6 is 11.3 Å². The highest BCUT2D eigenvalue weighted by Gasteiger charge is 2.25. The number of fused-ring (bicyclic) bond motifs is 1. The van der Waals surface area contributed by atoms with E-state index in [9.17, 15) is 13.2 Å². The molecule has 200 valence electrons. The summed E-state index contributed by atoms with van der Waals surface area (Å²) in [4.78, 5) is 20.2. The van der Waals surface area contributed by atoms with Crippen molar-refractivity contribution in [2.75, 3.05) is 44.3 Å². The molecular weight excluding hydrogens is 526 g/mol. The van der Waals surface area contributed by atoms with Crippen LogP contribution in [0.25, 0.3) is 10.2 Å². The maximum atomic E-state index is 13.5. The second kappa shape index (κ2) is 11.3. The Bertz CT molecular complexity index is 1490. The third-order valence-electron chi connectivity index (χ3n) is 5.89. The monoisotopic (exact) mass is 555 g/mol. The molecule has 1 unspecified atom stereocenters. The van der Waals surface area contributed by atoms with Crippen molar-refractivity contribution in [3.63, 3.8) is 0 Å². The molecule has 1 atom stereocenters. The lowest BCUT2D eigenvalue weighted by Gasteiger charge is -2.20. The molecule has 0 saturated heterocycles. The second-order valence-corrected chi connectivity index (χ2v) is 11.9. The van der Waals surface area contributed by atoms with Gasteiger partial charge in [-0.15, -0.1) is 0 Å². The zero-order valence-corrected chi connectivity index (χ0v) is 23.4. The number of aromatic nitrogens is 1. The molecule has 0 spiro atoms. The predicted molar refractivity (Wildman–Crippen MR) is 150 cm³/mol. The molecule has 11 heteroatoms. The number of amides is 1. The summed E-state index contributed by atoms with van der Waals surface area (Å²) < 4.78 is 42.2. The number of carbonyl (C=O) groups is 1. The Labute approximate surface area is 225 Å². The number of hydrogen-bond acceptors (Lipinski definition) is 9. The van der Waals surface area contributed by atoms with Crippen molar-refractivity contribution < 1.29 is 27.4 Å². The summed E-state index contributed by atoms with van der Waals surface area (Å²) in [6.07, 6.45) is -1.06. The van der Waals surface area contributed by atoms with Crippen LogP contribution in [0.3, 0.4) is 0 Å². The molecular formula is C27H29N3O6S2. The molecule has 0 radical (unpaired) electrons. The SMILES string of the molecule is CCS(=O)(=O)c1ccc(C(Oc2ccc(N(C)C)cc2)C(=O)Nc2nc3cc(OC)c(OC)cc3s2)cc1. The Morgan fingerprint density at radius 3 is 2.21 bits per heavy atom. The summed E-state index contributed by atoms with van der Waals surface area (Å²) in [5.74, 6) is 1.11. The highest BCUT2D eigenvalue weighted by molar-refractivity contribution is 7.91. The molecule has 1 heterocycles. The van der Waals surface area contributed by atoms with Crippen LogP contribution in [-0.4, -0.2) is 53.4 Å². The van der Waals surface area contributed by atoms with Crippen molar-refractivity contribution in [1.29, 1.82) is 0 Å². The minimum absolute atomic E-state index is 0.0157. The average Bonchev–Trinajstić information content (AvgIpc) is 3.31. The molecule has 4 rings (SSSR count). The van der Waals surface area contributed by atoms with E-state index >= 15 is 0 Å². The van der Waals surface area contributed by atoms with Gasteiger partial charge in [0.15, 0.2) is 26.5 Å². The average molecular weight is 556 g/mol. The van der Waals surface area contributed by atoms with Crippen LogP contribution in [-0.2, 0) is 14.6 Å². The van der Waals surface area contributed by atoms with Gasteiger partial charge in [-0.3, -0.25) is 10.1 Å². The molecule has 0 aliphatic carbocycles. The Morgan fingerprint density at radius 1 is 1.00 bits per heavy atom. The van der Waals surface area contributed by atoms with E-state index < -0.39 is 21.8 Å². The number of methoxy groups -OCH3 is 2.